The van der Waals surface area contributed by atoms with Gasteiger partial charge in [0.25, 0.3) is 0 Å². The molecule has 2 aliphatic carbocycles. The zero-order chi connectivity index (χ0) is 24.6. The van der Waals surface area contributed by atoms with E-state index in [1.165, 1.54) is 72.0 Å². The molecule has 0 amide bonds. The van der Waals surface area contributed by atoms with Crippen molar-refractivity contribution in [2.24, 2.45) is 5.92 Å². The topological polar surface area (TPSA) is 0 Å². The van der Waals surface area contributed by atoms with E-state index in [2.05, 4.69) is 136 Å². The number of hydrogen-bond donors (Lipinski definition) is 0. The average Bonchev–Trinajstić information content (AvgIpc) is 3.43. The van der Waals surface area contributed by atoms with Gasteiger partial charge in [-0.1, -0.05) is 55.2 Å². The SMILES string of the molecule is CC1=[C-]C(C)C=C1C.[Cl-].[Cl-].[Zr+2]=[C](c1ccccc1)c1ccccc1.[c-]1cccc2c1Cc1ccccc1-2. The van der Waals surface area contributed by atoms with Crippen LogP contribution in [-0.2, 0) is 30.7 Å². The third-order valence-electron chi connectivity index (χ3n) is 6.28. The summed E-state index contributed by atoms with van der Waals surface area (Å²) in [5, 5.41) is 0. The first-order chi connectivity index (χ1) is 17.0. The van der Waals surface area contributed by atoms with Gasteiger partial charge in [-0.15, -0.1) is 12.5 Å². The standard InChI is InChI=1S/C13H9.C13H10.C8H11.2ClH.Zr/c1-3-7-12-10(5-1)9-11-6-2-4-8-13(11)12;1-3-7-12(8-4-1)11-13-9-5-2-6-10-13;1-6-4-7(2)8(3)5-6;;;/h1-5,7-8H,9H2;1-10H;4,6H,1-3H3;2*1H;/q-1;;-1;;;+2/p-2. The molecule has 0 fully saturated rings. The molecule has 0 aromatic heterocycles. The molecular weight excluding hydrogens is 571 g/mol. The predicted molar refractivity (Wildman–Crippen MR) is 145 cm³/mol. The third kappa shape index (κ3) is 8.34. The van der Waals surface area contributed by atoms with Gasteiger partial charge in [-0.3, -0.25) is 6.08 Å². The maximum Gasteiger partial charge on any atom is -0.0253 e. The third-order valence-corrected chi connectivity index (χ3v) is 7.70. The van der Waals surface area contributed by atoms with E-state index in [0.29, 0.717) is 5.92 Å². The van der Waals surface area contributed by atoms with E-state index in [0.717, 1.165) is 6.42 Å². The molecule has 6 rings (SSSR count). The van der Waals surface area contributed by atoms with Gasteiger partial charge in [-0.05, 0) is 6.42 Å². The van der Waals surface area contributed by atoms with Crippen LogP contribution >= 0.6 is 0 Å². The number of benzene rings is 4. The zero-order valence-electron chi connectivity index (χ0n) is 21.4. The summed E-state index contributed by atoms with van der Waals surface area (Å²) in [5.41, 5.74) is 10.9. The van der Waals surface area contributed by atoms with Crippen LogP contribution in [-0.4, -0.2) is 3.21 Å². The molecule has 1 atom stereocenters. The Bertz CT molecular complexity index is 1250. The fraction of sp³-hybridized carbons (Fsp3) is 0.147. The van der Waals surface area contributed by atoms with E-state index in [1.807, 2.05) is 6.07 Å². The number of hydrogen-bond acceptors (Lipinski definition) is 0. The molecule has 0 heterocycles. The van der Waals surface area contributed by atoms with Crippen molar-refractivity contribution >= 4 is 3.21 Å². The van der Waals surface area contributed by atoms with Crippen LogP contribution in [0.15, 0.2) is 120 Å². The molecule has 0 aliphatic heterocycles. The number of halogens is 2. The molecule has 0 nitrogen and oxygen atoms in total. The summed E-state index contributed by atoms with van der Waals surface area (Å²) in [6.45, 7) is 6.39. The van der Waals surface area contributed by atoms with Crippen LogP contribution in [0, 0.1) is 18.1 Å². The summed E-state index contributed by atoms with van der Waals surface area (Å²) in [4.78, 5) is 0. The van der Waals surface area contributed by atoms with Gasteiger partial charge in [-0.2, -0.15) is 35.9 Å². The molecule has 0 saturated heterocycles. The van der Waals surface area contributed by atoms with E-state index in [1.54, 1.807) is 0 Å². The summed E-state index contributed by atoms with van der Waals surface area (Å²) in [6.07, 6.45) is 6.57. The van der Waals surface area contributed by atoms with Crippen molar-refractivity contribution in [3.63, 3.8) is 0 Å². The van der Waals surface area contributed by atoms with E-state index in [4.69, 9.17) is 0 Å². The Morgan fingerprint density at radius 3 is 1.78 bits per heavy atom. The van der Waals surface area contributed by atoms with E-state index >= 15 is 0 Å². The van der Waals surface area contributed by atoms with Gasteiger partial charge in [0.15, 0.2) is 0 Å². The van der Waals surface area contributed by atoms with Crippen LogP contribution in [0.5, 0.6) is 0 Å². The minimum Gasteiger partial charge on any atom is -0.179 e. The molecule has 37 heavy (non-hydrogen) atoms. The smallest absolute Gasteiger partial charge is 0.0253 e. The second kappa shape index (κ2) is 15.2. The van der Waals surface area contributed by atoms with Gasteiger partial charge >= 0.3 is 99.2 Å². The maximum absolute atomic E-state index is 3.30. The van der Waals surface area contributed by atoms with Crippen LogP contribution < -0.4 is 24.8 Å². The summed E-state index contributed by atoms with van der Waals surface area (Å²) < 4.78 is 1.42. The first-order valence-electron chi connectivity index (χ1n) is 12.1. The number of rotatable bonds is 2. The molecule has 186 valence electrons. The molecule has 0 radical (unpaired) electrons. The molecule has 4 aromatic rings. The van der Waals surface area contributed by atoms with Crippen LogP contribution in [0.2, 0.25) is 0 Å². The van der Waals surface area contributed by atoms with E-state index in [9.17, 15) is 0 Å². The molecule has 4 aromatic carbocycles. The summed E-state index contributed by atoms with van der Waals surface area (Å²) in [5.74, 6) is 0.551. The van der Waals surface area contributed by atoms with Gasteiger partial charge in [0, 0.05) is 0 Å². The molecule has 0 saturated carbocycles. The molecule has 0 N–H and O–H groups in total. The van der Waals surface area contributed by atoms with Crippen molar-refractivity contribution in [3.05, 3.63) is 155 Å². The number of fused-ring (bicyclic) bond motifs is 3. The Morgan fingerprint density at radius 1 is 0.730 bits per heavy atom. The summed E-state index contributed by atoms with van der Waals surface area (Å²) in [6, 6.07) is 39.2. The molecule has 0 bridgehead atoms. The van der Waals surface area contributed by atoms with Crippen LogP contribution in [0.1, 0.15) is 43.0 Å². The monoisotopic (exact) mass is 598 g/mol. The van der Waals surface area contributed by atoms with E-state index in [-0.39, 0.29) is 24.8 Å². The second-order valence-electron chi connectivity index (χ2n) is 8.91. The number of allylic oxidation sites excluding steroid dienone is 4. The first-order valence-corrected chi connectivity index (χ1v) is 13.3. The van der Waals surface area contributed by atoms with Crippen molar-refractivity contribution < 1.29 is 49.0 Å². The average molecular weight is 601 g/mol. The molecule has 0 spiro atoms. The van der Waals surface area contributed by atoms with Crippen molar-refractivity contribution in [3.8, 4) is 11.1 Å². The van der Waals surface area contributed by atoms with Crippen LogP contribution in [0.25, 0.3) is 11.1 Å². The largest absolute Gasteiger partial charge is 0.179 e. The molecule has 2 aliphatic rings. The van der Waals surface area contributed by atoms with Gasteiger partial charge in [0.1, 0.15) is 0 Å². The molecule has 3 heteroatoms. The zero-order valence-corrected chi connectivity index (χ0v) is 25.4. The fourth-order valence-electron chi connectivity index (χ4n) is 4.37. The normalized spacial score (nSPS) is 14.0. The quantitative estimate of drug-likeness (QED) is 0.273. The van der Waals surface area contributed by atoms with Crippen molar-refractivity contribution in [2.75, 3.05) is 0 Å². The molecule has 1 unspecified atom stereocenters. The van der Waals surface area contributed by atoms with Gasteiger partial charge in [-0.25, -0.2) is 11.1 Å². The minimum atomic E-state index is 0. The maximum atomic E-state index is 3.30. The Kier molecular flexibility index (Phi) is 12.7. The Morgan fingerprint density at radius 2 is 1.27 bits per heavy atom. The van der Waals surface area contributed by atoms with Gasteiger partial charge in [0.05, 0.1) is 0 Å². The Labute approximate surface area is 249 Å². The minimum absolute atomic E-state index is 0. The van der Waals surface area contributed by atoms with Gasteiger partial charge < -0.3 is 24.8 Å². The van der Waals surface area contributed by atoms with Crippen molar-refractivity contribution in [1.29, 1.82) is 0 Å². The Hall–Kier alpha value is -2.31. The fourth-order valence-corrected chi connectivity index (χ4v) is 5.19. The Balaban J connectivity index is 0.000000197. The summed E-state index contributed by atoms with van der Waals surface area (Å²) in [7, 11) is 0. The predicted octanol–water partition coefficient (Wildman–Crippen LogP) is 2.20. The molecular formula is C34H30Cl2Zr-2. The van der Waals surface area contributed by atoms with Crippen molar-refractivity contribution in [2.45, 2.75) is 27.2 Å². The van der Waals surface area contributed by atoms with Crippen LogP contribution in [0.3, 0.4) is 0 Å². The summed E-state index contributed by atoms with van der Waals surface area (Å²) >= 11 is 1.46. The van der Waals surface area contributed by atoms with Crippen molar-refractivity contribution in [1.82, 2.24) is 0 Å². The van der Waals surface area contributed by atoms with Crippen LogP contribution in [0.4, 0.5) is 0 Å². The van der Waals surface area contributed by atoms with Gasteiger partial charge in [0.2, 0.25) is 0 Å². The second-order valence-corrected chi connectivity index (χ2v) is 10.1. The first kappa shape index (κ1) is 30.9. The van der Waals surface area contributed by atoms with E-state index < -0.39 is 0 Å².